The zero-order valence-corrected chi connectivity index (χ0v) is 18.3. The molecule has 1 amide bonds. The molecule has 5 heteroatoms. The molecule has 162 valence electrons. The van der Waals surface area contributed by atoms with Crippen LogP contribution in [-0.2, 0) is 17.8 Å². The van der Waals surface area contributed by atoms with Gasteiger partial charge in [-0.3, -0.25) is 14.2 Å². The number of carbonyl (C=O) groups excluding carboxylic acids is 1. The highest BCUT2D eigenvalue weighted by Gasteiger charge is 2.45. The van der Waals surface area contributed by atoms with Crippen molar-refractivity contribution in [1.82, 2.24) is 14.5 Å². The molecule has 1 saturated heterocycles. The first kappa shape index (κ1) is 20.2. The van der Waals surface area contributed by atoms with Crippen molar-refractivity contribution >= 4 is 5.91 Å². The number of hydrogen-bond donors (Lipinski definition) is 0. The minimum atomic E-state index is -0.253. The van der Waals surface area contributed by atoms with Crippen LogP contribution in [0, 0.1) is 10.8 Å². The van der Waals surface area contributed by atoms with Gasteiger partial charge in [-0.2, -0.15) is 0 Å². The van der Waals surface area contributed by atoms with E-state index < -0.39 is 0 Å². The Balaban J connectivity index is 1.34. The average molecular weight is 418 g/mol. The van der Waals surface area contributed by atoms with Gasteiger partial charge in [0.05, 0.1) is 11.1 Å². The lowest BCUT2D eigenvalue weighted by atomic mass is 9.77. The molecule has 2 aliphatic heterocycles. The lowest BCUT2D eigenvalue weighted by molar-refractivity contribution is -0.141. The lowest BCUT2D eigenvalue weighted by Crippen LogP contribution is -2.42. The zero-order chi connectivity index (χ0) is 21.5. The molecule has 5 nitrogen and oxygen atoms in total. The van der Waals surface area contributed by atoms with Crippen molar-refractivity contribution in [2.24, 2.45) is 10.8 Å². The number of likely N-dealkylation sites (tertiary alicyclic amines) is 1. The molecule has 1 aromatic carbocycles. The second-order valence-corrected chi connectivity index (χ2v) is 9.92. The van der Waals surface area contributed by atoms with Crippen LogP contribution in [0.1, 0.15) is 51.3 Å². The predicted octanol–water partition coefficient (Wildman–Crippen LogP) is 4.21. The third-order valence-corrected chi connectivity index (χ3v) is 7.74. The van der Waals surface area contributed by atoms with E-state index in [4.69, 9.17) is 4.98 Å². The van der Waals surface area contributed by atoms with Crippen LogP contribution in [0.5, 0.6) is 0 Å². The van der Waals surface area contributed by atoms with Crippen LogP contribution >= 0.6 is 0 Å². The molecular formula is C26H31N3O2. The molecule has 2 atom stereocenters. The average Bonchev–Trinajstić information content (AvgIpc) is 3.12. The first-order valence-corrected chi connectivity index (χ1v) is 11.6. The van der Waals surface area contributed by atoms with E-state index >= 15 is 0 Å². The molecule has 2 aromatic rings. The molecule has 3 aliphatic rings. The summed E-state index contributed by atoms with van der Waals surface area (Å²) in [6.45, 7) is 4.48. The molecule has 1 fully saturated rings. The highest BCUT2D eigenvalue weighted by atomic mass is 16.2. The second kappa shape index (κ2) is 7.77. The third kappa shape index (κ3) is 3.75. The minimum absolute atomic E-state index is 0.0355. The summed E-state index contributed by atoms with van der Waals surface area (Å²) >= 11 is 0. The fourth-order valence-corrected chi connectivity index (χ4v) is 5.65. The highest BCUT2D eigenvalue weighted by Crippen LogP contribution is 2.43. The van der Waals surface area contributed by atoms with Gasteiger partial charge in [0.15, 0.2) is 0 Å². The molecular weight excluding hydrogens is 386 g/mol. The van der Waals surface area contributed by atoms with E-state index in [1.165, 1.54) is 0 Å². The number of fused-ring (bicyclic) bond motifs is 1. The molecule has 1 spiro atoms. The van der Waals surface area contributed by atoms with Crippen molar-refractivity contribution in [2.45, 2.75) is 58.4 Å². The number of aryl methyl sites for hydroxylation is 1. The smallest absolute Gasteiger partial charge is 0.254 e. The van der Waals surface area contributed by atoms with Crippen LogP contribution in [-0.4, -0.2) is 33.4 Å². The number of allylic oxidation sites excluding steroid dienone is 2. The normalized spacial score (nSPS) is 27.8. The summed E-state index contributed by atoms with van der Waals surface area (Å²) in [6, 6.07) is 11.6. The van der Waals surface area contributed by atoms with Crippen LogP contribution in [0.4, 0.5) is 0 Å². The van der Waals surface area contributed by atoms with Crippen LogP contribution in [0.15, 0.2) is 53.3 Å². The Kier molecular flexibility index (Phi) is 5.07. The number of hydrogen-bond acceptors (Lipinski definition) is 3. The number of aromatic nitrogens is 2. The van der Waals surface area contributed by atoms with Gasteiger partial charge in [-0.25, -0.2) is 4.98 Å². The van der Waals surface area contributed by atoms with E-state index in [1.807, 2.05) is 34.9 Å². The lowest BCUT2D eigenvalue weighted by Gasteiger charge is -2.35. The van der Waals surface area contributed by atoms with Gasteiger partial charge < -0.3 is 4.90 Å². The fourth-order valence-electron chi connectivity index (χ4n) is 5.65. The molecule has 0 bridgehead atoms. The van der Waals surface area contributed by atoms with Crippen LogP contribution in [0.3, 0.4) is 0 Å². The van der Waals surface area contributed by atoms with E-state index in [0.717, 1.165) is 75.1 Å². The Morgan fingerprint density at radius 2 is 1.84 bits per heavy atom. The maximum atomic E-state index is 13.3. The van der Waals surface area contributed by atoms with Crippen LogP contribution in [0.25, 0.3) is 11.3 Å². The van der Waals surface area contributed by atoms with E-state index in [1.54, 1.807) is 6.07 Å². The van der Waals surface area contributed by atoms with Gasteiger partial charge in [0, 0.05) is 37.7 Å². The molecule has 0 saturated carbocycles. The predicted molar refractivity (Wildman–Crippen MR) is 122 cm³/mol. The Hall–Kier alpha value is -2.69. The summed E-state index contributed by atoms with van der Waals surface area (Å²) in [7, 11) is 0. The standard InChI is InChI=1S/C26H31N3O2/c1-25(11-6-3-7-12-25)24(31)28-16-14-26(19-28)13-10-22-27-21(20-8-4-2-5-9-20)18-23(30)29(22)17-15-26/h2-6,8-9,18H,7,10-17,19H2,1H3. The molecule has 3 heterocycles. The van der Waals surface area contributed by atoms with Gasteiger partial charge in [-0.1, -0.05) is 49.4 Å². The Bertz CT molecular complexity index is 1070. The second-order valence-electron chi connectivity index (χ2n) is 9.92. The summed E-state index contributed by atoms with van der Waals surface area (Å²) < 4.78 is 1.86. The number of carbonyl (C=O) groups is 1. The number of amides is 1. The van der Waals surface area contributed by atoms with Crippen molar-refractivity contribution in [3.63, 3.8) is 0 Å². The van der Waals surface area contributed by atoms with Crippen molar-refractivity contribution in [3.8, 4) is 11.3 Å². The van der Waals surface area contributed by atoms with Crippen LogP contribution in [0.2, 0.25) is 0 Å². The molecule has 2 unspecified atom stereocenters. The van der Waals surface area contributed by atoms with Gasteiger partial charge >= 0.3 is 0 Å². The largest absolute Gasteiger partial charge is 0.342 e. The third-order valence-electron chi connectivity index (χ3n) is 7.74. The summed E-state index contributed by atoms with van der Waals surface area (Å²) in [5.41, 5.74) is 1.62. The maximum Gasteiger partial charge on any atom is 0.254 e. The number of nitrogens with zero attached hydrogens (tertiary/aromatic N) is 3. The van der Waals surface area contributed by atoms with Gasteiger partial charge in [0.25, 0.3) is 5.56 Å². The molecule has 0 radical (unpaired) electrons. The van der Waals surface area contributed by atoms with Crippen LogP contribution < -0.4 is 5.56 Å². The van der Waals surface area contributed by atoms with Gasteiger partial charge in [-0.05, 0) is 43.9 Å². The molecule has 1 aromatic heterocycles. The Morgan fingerprint density at radius 1 is 1.03 bits per heavy atom. The van der Waals surface area contributed by atoms with E-state index in [-0.39, 0.29) is 16.4 Å². The van der Waals surface area contributed by atoms with Crippen molar-refractivity contribution in [2.75, 3.05) is 13.1 Å². The van der Waals surface area contributed by atoms with Crippen molar-refractivity contribution < 1.29 is 4.79 Å². The summed E-state index contributed by atoms with van der Waals surface area (Å²) in [5.74, 6) is 1.20. The molecule has 5 rings (SSSR count). The van der Waals surface area contributed by atoms with Gasteiger partial charge in [0.1, 0.15) is 5.82 Å². The van der Waals surface area contributed by atoms with Crippen molar-refractivity contribution in [3.05, 3.63) is 64.7 Å². The number of rotatable bonds is 2. The molecule has 1 aliphatic carbocycles. The van der Waals surface area contributed by atoms with Crippen molar-refractivity contribution in [1.29, 1.82) is 0 Å². The molecule has 31 heavy (non-hydrogen) atoms. The number of benzene rings is 1. The Labute approximate surface area is 183 Å². The summed E-state index contributed by atoms with van der Waals surface area (Å²) in [5, 5.41) is 0. The quantitative estimate of drug-likeness (QED) is 0.688. The fraction of sp³-hybridized carbons (Fsp3) is 0.500. The van der Waals surface area contributed by atoms with E-state index in [0.29, 0.717) is 12.5 Å². The highest BCUT2D eigenvalue weighted by molar-refractivity contribution is 5.83. The first-order valence-electron chi connectivity index (χ1n) is 11.6. The van der Waals surface area contributed by atoms with Gasteiger partial charge in [-0.15, -0.1) is 0 Å². The van der Waals surface area contributed by atoms with E-state index in [9.17, 15) is 9.59 Å². The zero-order valence-electron chi connectivity index (χ0n) is 18.3. The van der Waals surface area contributed by atoms with E-state index in [2.05, 4.69) is 24.0 Å². The first-order chi connectivity index (χ1) is 15.0. The SMILES string of the molecule is CC1(C(=O)N2CCC3(CCc4nc(-c5ccccc5)cc(=O)n4CC3)C2)CC=CCC1. The molecule has 0 N–H and O–H groups in total. The Morgan fingerprint density at radius 3 is 2.61 bits per heavy atom. The topological polar surface area (TPSA) is 55.2 Å². The maximum absolute atomic E-state index is 13.3. The summed E-state index contributed by atoms with van der Waals surface area (Å²) in [4.78, 5) is 33.2. The minimum Gasteiger partial charge on any atom is -0.342 e. The van der Waals surface area contributed by atoms with Gasteiger partial charge in [0.2, 0.25) is 5.91 Å². The summed E-state index contributed by atoms with van der Waals surface area (Å²) in [6.07, 6.45) is 10.9. The monoisotopic (exact) mass is 417 g/mol.